The summed E-state index contributed by atoms with van der Waals surface area (Å²) >= 11 is 1.15. The van der Waals surface area contributed by atoms with Crippen LogP contribution in [0, 0.1) is 12.3 Å². The van der Waals surface area contributed by atoms with E-state index in [0.717, 1.165) is 57.6 Å². The number of amides is 1. The van der Waals surface area contributed by atoms with Gasteiger partial charge in [0.15, 0.2) is 0 Å². The van der Waals surface area contributed by atoms with Gasteiger partial charge in [-0.05, 0) is 62.9 Å². The van der Waals surface area contributed by atoms with Gasteiger partial charge in [0, 0.05) is 24.2 Å². The monoisotopic (exact) mass is 708 g/mol. The van der Waals surface area contributed by atoms with Gasteiger partial charge in [-0.1, -0.05) is 19.9 Å². The second-order valence-electron chi connectivity index (χ2n) is 11.3. The number of aliphatic hydroxyl groups is 4. The van der Waals surface area contributed by atoms with Gasteiger partial charge in [0.05, 0.1) is 18.6 Å². The third-order valence-corrected chi connectivity index (χ3v) is 7.20. The average Bonchev–Trinajstić information content (AvgIpc) is 3.35. The van der Waals surface area contributed by atoms with E-state index in [-0.39, 0.29) is 17.7 Å². The first-order valence-corrected chi connectivity index (χ1v) is 14.8. The molecule has 1 aliphatic heterocycles. The predicted molar refractivity (Wildman–Crippen MR) is 163 cm³/mol. The Bertz CT molecular complexity index is 1130. The fourth-order valence-corrected chi connectivity index (χ4v) is 4.40. The zero-order valence-corrected chi connectivity index (χ0v) is 26.9. The van der Waals surface area contributed by atoms with Crippen molar-refractivity contribution in [2.45, 2.75) is 84.1 Å². The first-order chi connectivity index (χ1) is 19.9. The lowest BCUT2D eigenvalue weighted by Crippen LogP contribution is -2.60. The topological polar surface area (TPSA) is 213 Å². The highest BCUT2D eigenvalue weighted by molar-refractivity contribution is 14.1. The van der Waals surface area contributed by atoms with Crippen LogP contribution < -0.4 is 20.5 Å². The van der Waals surface area contributed by atoms with Crippen LogP contribution in [0.15, 0.2) is 18.2 Å². The van der Waals surface area contributed by atoms with Gasteiger partial charge in [-0.3, -0.25) is 9.89 Å². The number of aryl methyl sites for hydroxylation is 1. The maximum absolute atomic E-state index is 11.4. The van der Waals surface area contributed by atoms with E-state index >= 15 is 0 Å². The molecule has 3 rings (SSSR count). The number of aromatic amines is 1. The van der Waals surface area contributed by atoms with Crippen LogP contribution in [0.3, 0.4) is 0 Å². The number of carbonyl (C=O) groups is 1. The number of ether oxygens (including phenoxy) is 3. The maximum atomic E-state index is 11.4. The average molecular weight is 709 g/mol. The van der Waals surface area contributed by atoms with E-state index in [1.54, 1.807) is 13.8 Å². The highest BCUT2D eigenvalue weighted by Gasteiger charge is 2.45. The molecular weight excluding hydrogens is 663 g/mol. The van der Waals surface area contributed by atoms with Gasteiger partial charge in [0.25, 0.3) is 0 Å². The van der Waals surface area contributed by atoms with Gasteiger partial charge >= 0.3 is 0 Å². The summed E-state index contributed by atoms with van der Waals surface area (Å²) in [6.45, 7) is 10.8. The van der Waals surface area contributed by atoms with Crippen LogP contribution in [-0.4, -0.2) is 97.0 Å². The molecule has 1 aromatic carbocycles. The first-order valence-electron chi connectivity index (χ1n) is 13.8. The number of halogens is 1. The Kier molecular flexibility index (Phi) is 14.4. The van der Waals surface area contributed by atoms with E-state index in [4.69, 9.17) is 23.4 Å². The quantitative estimate of drug-likeness (QED) is 0.102. The lowest BCUT2D eigenvalue weighted by atomic mass is 9.93. The van der Waals surface area contributed by atoms with E-state index in [1.165, 1.54) is 0 Å². The molecule has 1 aromatic heterocycles. The van der Waals surface area contributed by atoms with Crippen LogP contribution in [-0.2, 0) is 16.0 Å². The first kappa shape index (κ1) is 36.1. The largest absolute Gasteiger partial charge is 0.494 e. The van der Waals surface area contributed by atoms with E-state index in [2.05, 4.69) is 15.5 Å². The SMILES string of the molecule is Cc1cc(OCCCNCC(C)(C)C(N)=O)ccc1Cc1c(OC2OC(CO)C(O)C(O)C2O)n[nH]c1C(C)C.OI. The van der Waals surface area contributed by atoms with Crippen LogP contribution in [0.25, 0.3) is 0 Å². The molecule has 0 aliphatic carbocycles. The van der Waals surface area contributed by atoms with Crippen molar-refractivity contribution in [3.8, 4) is 11.6 Å². The predicted octanol–water partition coefficient (Wildman–Crippen LogP) is 0.810. The number of carbonyl (C=O) groups excluding carboxylic acids is 1. The molecule has 5 atom stereocenters. The molecule has 1 amide bonds. The smallest absolute Gasteiger partial charge is 0.238 e. The molecular formula is C28H45IN4O9. The third-order valence-electron chi connectivity index (χ3n) is 7.20. The van der Waals surface area contributed by atoms with Crippen LogP contribution in [0.1, 0.15) is 62.4 Å². The molecule has 238 valence electrons. The number of nitrogens with zero attached hydrogens (tertiary/aromatic N) is 1. The molecule has 14 heteroatoms. The van der Waals surface area contributed by atoms with Gasteiger partial charge in [0.2, 0.25) is 18.1 Å². The van der Waals surface area contributed by atoms with Crippen molar-refractivity contribution in [1.29, 1.82) is 0 Å². The number of nitrogens with two attached hydrogens (primary N) is 1. The summed E-state index contributed by atoms with van der Waals surface area (Å²) in [6.07, 6.45) is -5.72. The zero-order valence-electron chi connectivity index (χ0n) is 24.7. The van der Waals surface area contributed by atoms with Crippen molar-refractivity contribution in [3.63, 3.8) is 0 Å². The van der Waals surface area contributed by atoms with Crippen LogP contribution in [0.2, 0.25) is 0 Å². The second-order valence-corrected chi connectivity index (χ2v) is 11.3. The number of hydrogen-bond donors (Lipinski definition) is 8. The number of rotatable bonds is 14. The molecule has 2 aromatic rings. The van der Waals surface area contributed by atoms with Crippen LogP contribution in [0.4, 0.5) is 0 Å². The summed E-state index contributed by atoms with van der Waals surface area (Å²) in [6, 6.07) is 5.85. The summed E-state index contributed by atoms with van der Waals surface area (Å²) in [5.41, 5.74) is 8.45. The molecule has 42 heavy (non-hydrogen) atoms. The molecule has 0 radical (unpaired) electrons. The molecule has 9 N–H and O–H groups in total. The summed E-state index contributed by atoms with van der Waals surface area (Å²) in [5, 5.41) is 50.6. The summed E-state index contributed by atoms with van der Waals surface area (Å²) in [4.78, 5) is 11.4. The van der Waals surface area contributed by atoms with Gasteiger partial charge in [-0.2, -0.15) is 0 Å². The molecule has 1 saturated heterocycles. The summed E-state index contributed by atoms with van der Waals surface area (Å²) in [5.74, 6) is 0.711. The van der Waals surface area contributed by atoms with E-state index in [9.17, 15) is 25.2 Å². The highest BCUT2D eigenvalue weighted by atomic mass is 127. The fourth-order valence-electron chi connectivity index (χ4n) is 4.40. The minimum atomic E-state index is -1.55. The van der Waals surface area contributed by atoms with Crippen molar-refractivity contribution >= 4 is 28.9 Å². The Morgan fingerprint density at radius 3 is 2.50 bits per heavy atom. The summed E-state index contributed by atoms with van der Waals surface area (Å²) < 4.78 is 24.3. The Hall–Kier alpha value is -2.05. The van der Waals surface area contributed by atoms with Crippen molar-refractivity contribution < 1.29 is 42.9 Å². The number of H-pyrrole nitrogens is 1. The second kappa shape index (κ2) is 16.7. The Morgan fingerprint density at radius 2 is 1.90 bits per heavy atom. The highest BCUT2D eigenvalue weighted by Crippen LogP contribution is 2.32. The minimum absolute atomic E-state index is 0.0970. The Morgan fingerprint density at radius 1 is 1.21 bits per heavy atom. The van der Waals surface area contributed by atoms with Gasteiger partial charge < -0.3 is 49.1 Å². The molecule has 0 saturated carbocycles. The van der Waals surface area contributed by atoms with Crippen molar-refractivity contribution in [3.05, 3.63) is 40.6 Å². The molecule has 0 spiro atoms. The van der Waals surface area contributed by atoms with Crippen LogP contribution >= 0.6 is 23.0 Å². The molecule has 5 unspecified atom stereocenters. The lowest BCUT2D eigenvalue weighted by molar-refractivity contribution is -0.278. The number of benzene rings is 1. The third kappa shape index (κ3) is 9.47. The van der Waals surface area contributed by atoms with E-state index in [1.807, 2.05) is 39.0 Å². The lowest BCUT2D eigenvalue weighted by Gasteiger charge is -2.39. The molecule has 0 bridgehead atoms. The fraction of sp³-hybridized carbons (Fsp3) is 0.643. The number of aliphatic hydroxyl groups excluding tert-OH is 4. The van der Waals surface area contributed by atoms with E-state index < -0.39 is 42.7 Å². The van der Waals surface area contributed by atoms with Crippen LogP contribution in [0.5, 0.6) is 11.6 Å². The van der Waals surface area contributed by atoms with Crippen molar-refractivity contribution in [2.75, 3.05) is 26.3 Å². The standard InChI is InChI=1S/C28H44N4O8.HIO/c1-15(2)21-19(25(32-31-21)40-26-24(36)23(35)22(34)20(13-33)39-26)12-17-7-8-18(11-16(17)3)38-10-6-9-30-14-28(4,5)27(29)37;1-2/h7-8,11,15,20,22-24,26,30,33-36H,6,9-10,12-14H2,1-5H3,(H2,29,37)(H,31,32);2H. The minimum Gasteiger partial charge on any atom is -0.494 e. The Labute approximate surface area is 260 Å². The molecule has 13 nitrogen and oxygen atoms in total. The maximum Gasteiger partial charge on any atom is 0.238 e. The molecule has 2 heterocycles. The number of nitrogens with one attached hydrogen (secondary N) is 2. The molecule has 1 fully saturated rings. The number of hydrogen-bond acceptors (Lipinski definition) is 11. The zero-order chi connectivity index (χ0) is 31.6. The van der Waals surface area contributed by atoms with Gasteiger partial charge in [0.1, 0.15) is 53.2 Å². The van der Waals surface area contributed by atoms with E-state index in [0.29, 0.717) is 26.1 Å². The normalized spacial score (nSPS) is 22.4. The van der Waals surface area contributed by atoms with Gasteiger partial charge in [-0.15, -0.1) is 5.10 Å². The number of aromatic nitrogens is 2. The van der Waals surface area contributed by atoms with Crippen molar-refractivity contribution in [1.82, 2.24) is 15.5 Å². The van der Waals surface area contributed by atoms with Gasteiger partial charge in [-0.25, -0.2) is 0 Å². The Balaban J connectivity index is 0.00000301. The molecule has 1 aliphatic rings. The summed E-state index contributed by atoms with van der Waals surface area (Å²) in [7, 11) is 0. The number of primary amides is 1. The van der Waals surface area contributed by atoms with Crippen molar-refractivity contribution in [2.24, 2.45) is 11.1 Å².